The van der Waals surface area contributed by atoms with Crippen LogP contribution in [0.5, 0.6) is 5.75 Å². The van der Waals surface area contributed by atoms with E-state index in [4.69, 9.17) is 4.74 Å². The maximum Gasteiger partial charge on any atom is 0.252 e. The summed E-state index contributed by atoms with van der Waals surface area (Å²) in [6.07, 6.45) is 0. The summed E-state index contributed by atoms with van der Waals surface area (Å²) in [6.45, 7) is 1.88. The largest absolute Gasteiger partial charge is 0.483 e. The van der Waals surface area contributed by atoms with Gasteiger partial charge in [-0.1, -0.05) is 11.3 Å². The molecule has 0 aliphatic heterocycles. The van der Waals surface area contributed by atoms with Gasteiger partial charge in [0.25, 0.3) is 5.56 Å². The van der Waals surface area contributed by atoms with Crippen LogP contribution < -0.4 is 10.3 Å². The van der Waals surface area contributed by atoms with E-state index in [-0.39, 0.29) is 12.2 Å². The van der Waals surface area contributed by atoms with Gasteiger partial charge in [0.1, 0.15) is 16.8 Å². The van der Waals surface area contributed by atoms with Crippen LogP contribution in [0, 0.1) is 6.92 Å². The summed E-state index contributed by atoms with van der Waals surface area (Å²) in [5.41, 5.74) is 2.69. The third-order valence-corrected chi connectivity index (χ3v) is 3.37. The van der Waals surface area contributed by atoms with E-state index in [0.29, 0.717) is 39.3 Å². The van der Waals surface area contributed by atoms with Crippen molar-refractivity contribution in [3.63, 3.8) is 0 Å². The number of aromatic nitrogens is 7. The van der Waals surface area contributed by atoms with Gasteiger partial charge in [0.15, 0.2) is 12.3 Å². The molecule has 0 unspecified atom stereocenters. The number of aryl methyl sites for hydroxylation is 1. The van der Waals surface area contributed by atoms with Crippen LogP contribution in [0.4, 0.5) is 0 Å². The molecule has 0 radical (unpaired) electrons. The monoisotopic (exact) mass is 309 g/mol. The summed E-state index contributed by atoms with van der Waals surface area (Å²) in [5, 5.41) is 13.5. The fraction of sp³-hybridized carbons (Fsp3) is 0.143. The first-order valence-corrected chi connectivity index (χ1v) is 6.86. The standard InChI is InChI=1S/C14H11N7O2/c1-7-5-9-13(17-14(7)22)16-12-8(15-9)3-2-4-10(12)23-6-11-18-20-21-19-11/h2-5H,6H2,1H3,(H,16,17,22)(H,18,19,20,21). The fourth-order valence-corrected chi connectivity index (χ4v) is 2.24. The molecule has 0 aliphatic rings. The van der Waals surface area contributed by atoms with Gasteiger partial charge in [0, 0.05) is 5.56 Å². The number of hydrogen-bond donors (Lipinski definition) is 2. The van der Waals surface area contributed by atoms with E-state index < -0.39 is 0 Å². The molecule has 3 heterocycles. The maximum atomic E-state index is 11.8. The normalized spacial score (nSPS) is 11.2. The molecule has 0 saturated carbocycles. The lowest BCUT2D eigenvalue weighted by molar-refractivity contribution is 0.299. The minimum absolute atomic E-state index is 0.153. The van der Waals surface area contributed by atoms with Crippen molar-refractivity contribution in [1.29, 1.82) is 0 Å². The topological polar surface area (TPSA) is 122 Å². The van der Waals surface area contributed by atoms with Crippen LogP contribution >= 0.6 is 0 Å². The summed E-state index contributed by atoms with van der Waals surface area (Å²) < 4.78 is 5.69. The molecule has 2 N–H and O–H groups in total. The highest BCUT2D eigenvalue weighted by Crippen LogP contribution is 2.24. The van der Waals surface area contributed by atoms with Crippen LogP contribution in [0.25, 0.3) is 22.2 Å². The lowest BCUT2D eigenvalue weighted by Crippen LogP contribution is -2.10. The summed E-state index contributed by atoms with van der Waals surface area (Å²) in [7, 11) is 0. The van der Waals surface area contributed by atoms with E-state index in [1.807, 2.05) is 12.1 Å². The molecule has 0 fully saturated rings. The molecule has 0 aliphatic carbocycles. The SMILES string of the molecule is Cc1cc2nc3cccc(OCc4nn[nH]n4)c3nc2[nH]c1=O. The van der Waals surface area contributed by atoms with Crippen molar-refractivity contribution in [3.8, 4) is 5.75 Å². The number of hydrogen-bond acceptors (Lipinski definition) is 7. The Bertz CT molecular complexity index is 1060. The Balaban J connectivity index is 1.83. The average molecular weight is 309 g/mol. The second kappa shape index (κ2) is 5.13. The molecule has 0 saturated heterocycles. The number of pyridine rings is 1. The predicted octanol–water partition coefficient (Wildman–Crippen LogP) is 0.872. The number of aromatic amines is 2. The molecule has 23 heavy (non-hydrogen) atoms. The van der Waals surface area contributed by atoms with Gasteiger partial charge in [-0.25, -0.2) is 9.97 Å². The number of rotatable bonds is 3. The number of nitrogens with one attached hydrogen (secondary N) is 2. The highest BCUT2D eigenvalue weighted by atomic mass is 16.5. The molecule has 4 rings (SSSR count). The maximum absolute atomic E-state index is 11.8. The van der Waals surface area contributed by atoms with E-state index in [0.717, 1.165) is 0 Å². The molecule has 0 atom stereocenters. The van der Waals surface area contributed by atoms with Gasteiger partial charge in [0.2, 0.25) is 5.82 Å². The Morgan fingerprint density at radius 3 is 2.96 bits per heavy atom. The average Bonchev–Trinajstić information content (AvgIpc) is 3.06. The number of H-pyrrole nitrogens is 2. The third kappa shape index (κ3) is 2.37. The Morgan fingerprint density at radius 2 is 2.13 bits per heavy atom. The first kappa shape index (κ1) is 13.3. The molecule has 9 heteroatoms. The molecule has 0 spiro atoms. The smallest absolute Gasteiger partial charge is 0.252 e. The van der Waals surface area contributed by atoms with Gasteiger partial charge >= 0.3 is 0 Å². The quantitative estimate of drug-likeness (QED) is 0.538. The molecule has 4 aromatic rings. The van der Waals surface area contributed by atoms with Gasteiger partial charge in [0.05, 0.1) is 5.52 Å². The van der Waals surface area contributed by atoms with Gasteiger partial charge in [-0.05, 0) is 25.1 Å². The first-order chi connectivity index (χ1) is 11.2. The minimum atomic E-state index is -0.184. The van der Waals surface area contributed by atoms with Crippen molar-refractivity contribution in [1.82, 2.24) is 35.6 Å². The molecule has 3 aromatic heterocycles. The third-order valence-electron chi connectivity index (χ3n) is 3.37. The van der Waals surface area contributed by atoms with Gasteiger partial charge in [-0.2, -0.15) is 5.21 Å². The zero-order valence-corrected chi connectivity index (χ0v) is 12.1. The lowest BCUT2D eigenvalue weighted by atomic mass is 10.2. The fourth-order valence-electron chi connectivity index (χ4n) is 2.24. The molecule has 1 aromatic carbocycles. The minimum Gasteiger partial charge on any atom is -0.483 e. The van der Waals surface area contributed by atoms with Crippen molar-refractivity contribution in [2.24, 2.45) is 0 Å². The number of tetrazole rings is 1. The van der Waals surface area contributed by atoms with E-state index in [1.54, 1.807) is 19.1 Å². The second-order valence-corrected chi connectivity index (χ2v) is 4.98. The van der Waals surface area contributed by atoms with E-state index in [2.05, 4.69) is 35.6 Å². The van der Waals surface area contributed by atoms with E-state index >= 15 is 0 Å². The van der Waals surface area contributed by atoms with Crippen LogP contribution in [-0.2, 0) is 6.61 Å². The molecular formula is C14H11N7O2. The highest BCUT2D eigenvalue weighted by molar-refractivity contribution is 5.88. The van der Waals surface area contributed by atoms with Crippen LogP contribution in [-0.4, -0.2) is 35.6 Å². The molecule has 114 valence electrons. The highest BCUT2D eigenvalue weighted by Gasteiger charge is 2.10. The second-order valence-electron chi connectivity index (χ2n) is 4.98. The lowest BCUT2D eigenvalue weighted by Gasteiger charge is -2.07. The van der Waals surface area contributed by atoms with Gasteiger partial charge in [-0.15, -0.1) is 10.2 Å². The van der Waals surface area contributed by atoms with Crippen molar-refractivity contribution in [2.75, 3.05) is 0 Å². The first-order valence-electron chi connectivity index (χ1n) is 6.86. The molecular weight excluding hydrogens is 298 g/mol. The van der Waals surface area contributed by atoms with Gasteiger partial charge in [-0.3, -0.25) is 4.79 Å². The van der Waals surface area contributed by atoms with Crippen LogP contribution in [0.15, 0.2) is 29.1 Å². The Labute approximate surface area is 128 Å². The zero-order chi connectivity index (χ0) is 15.8. The molecule has 0 bridgehead atoms. The Kier molecular flexibility index (Phi) is 2.97. The van der Waals surface area contributed by atoms with Crippen LogP contribution in [0.2, 0.25) is 0 Å². The van der Waals surface area contributed by atoms with E-state index in [1.165, 1.54) is 0 Å². The Morgan fingerprint density at radius 1 is 1.22 bits per heavy atom. The Hall–Kier alpha value is -3.36. The number of fused-ring (bicyclic) bond motifs is 2. The van der Waals surface area contributed by atoms with Crippen molar-refractivity contribution < 1.29 is 4.74 Å². The molecule has 0 amide bonds. The van der Waals surface area contributed by atoms with Crippen molar-refractivity contribution in [3.05, 3.63) is 46.0 Å². The van der Waals surface area contributed by atoms with Crippen molar-refractivity contribution >= 4 is 22.2 Å². The zero-order valence-electron chi connectivity index (χ0n) is 12.1. The summed E-state index contributed by atoms with van der Waals surface area (Å²) >= 11 is 0. The predicted molar refractivity (Wildman–Crippen MR) is 80.9 cm³/mol. The summed E-state index contributed by atoms with van der Waals surface area (Å²) in [4.78, 5) is 23.5. The summed E-state index contributed by atoms with van der Waals surface area (Å²) in [6, 6.07) is 7.15. The number of ether oxygens (including phenoxy) is 1. The van der Waals surface area contributed by atoms with E-state index in [9.17, 15) is 4.79 Å². The van der Waals surface area contributed by atoms with Crippen LogP contribution in [0.3, 0.4) is 0 Å². The molecule has 9 nitrogen and oxygen atoms in total. The summed E-state index contributed by atoms with van der Waals surface area (Å²) in [5.74, 6) is 0.961. The van der Waals surface area contributed by atoms with Gasteiger partial charge < -0.3 is 9.72 Å². The van der Waals surface area contributed by atoms with Crippen LogP contribution in [0.1, 0.15) is 11.4 Å². The number of nitrogens with zero attached hydrogens (tertiary/aromatic N) is 5. The van der Waals surface area contributed by atoms with Crippen molar-refractivity contribution in [2.45, 2.75) is 13.5 Å². The number of benzene rings is 1. The number of para-hydroxylation sites is 1.